The number of amides is 1. The van der Waals surface area contributed by atoms with Crippen LogP contribution in [0.1, 0.15) is 42.6 Å². The van der Waals surface area contributed by atoms with Crippen LogP contribution in [0.2, 0.25) is 0 Å². The van der Waals surface area contributed by atoms with Gasteiger partial charge in [-0.05, 0) is 12.8 Å². The Morgan fingerprint density at radius 3 is 2.54 bits per heavy atom. The van der Waals surface area contributed by atoms with Crippen molar-refractivity contribution < 1.29 is 14.7 Å². The maximum atomic E-state index is 12.1. The molecule has 2 heterocycles. The van der Waals surface area contributed by atoms with E-state index in [4.69, 9.17) is 5.11 Å². The predicted molar refractivity (Wildman–Crippen MR) is 89.1 cm³/mol. The van der Waals surface area contributed by atoms with E-state index in [1.807, 2.05) is 0 Å². The summed E-state index contributed by atoms with van der Waals surface area (Å²) in [5.41, 5.74) is -0.0357. The number of carboxylic acid groups (broad SMARTS) is 1. The van der Waals surface area contributed by atoms with Crippen molar-refractivity contribution in [3.8, 4) is 0 Å². The number of aromatic nitrogens is 2. The summed E-state index contributed by atoms with van der Waals surface area (Å²) in [6.45, 7) is 4.14. The van der Waals surface area contributed by atoms with E-state index >= 15 is 0 Å². The molecule has 1 saturated carbocycles. The number of aromatic carboxylic acids is 1. The Morgan fingerprint density at radius 1 is 1.21 bits per heavy atom. The van der Waals surface area contributed by atoms with Crippen LogP contribution in [0.25, 0.3) is 0 Å². The van der Waals surface area contributed by atoms with E-state index < -0.39 is 5.97 Å². The Hall–Kier alpha value is -1.93. The molecule has 0 aromatic carbocycles. The Labute approximate surface area is 141 Å². The number of hydrogen-bond donors (Lipinski definition) is 3. The summed E-state index contributed by atoms with van der Waals surface area (Å²) in [7, 11) is 0. The fourth-order valence-electron chi connectivity index (χ4n) is 3.61. The maximum absolute atomic E-state index is 12.1. The lowest BCUT2D eigenvalue weighted by Crippen LogP contribution is -2.52. The van der Waals surface area contributed by atoms with E-state index in [1.54, 1.807) is 0 Å². The summed E-state index contributed by atoms with van der Waals surface area (Å²) in [5.74, 6) is -1.01. The van der Waals surface area contributed by atoms with Gasteiger partial charge in [0.1, 0.15) is 5.69 Å². The normalized spacial score (nSPS) is 20.8. The third-order valence-corrected chi connectivity index (χ3v) is 4.94. The Balaban J connectivity index is 1.41. The van der Waals surface area contributed by atoms with Crippen molar-refractivity contribution in [2.45, 2.75) is 38.1 Å². The minimum atomic E-state index is -1.10. The van der Waals surface area contributed by atoms with Gasteiger partial charge in [-0.15, -0.1) is 0 Å². The van der Waals surface area contributed by atoms with Gasteiger partial charge in [0.25, 0.3) is 0 Å². The lowest BCUT2D eigenvalue weighted by molar-refractivity contribution is -0.117. The molecule has 1 aliphatic heterocycles. The topological polar surface area (TPSA) is 102 Å². The molecule has 0 bridgehead atoms. The molecule has 1 aliphatic carbocycles. The molecule has 0 unspecified atom stereocenters. The molecule has 3 rings (SSSR count). The van der Waals surface area contributed by atoms with Gasteiger partial charge in [-0.1, -0.05) is 19.3 Å². The molecule has 1 aromatic rings. The molecule has 8 heteroatoms. The van der Waals surface area contributed by atoms with Gasteiger partial charge < -0.3 is 10.4 Å². The molecule has 1 aromatic heterocycles. The number of carbonyl (C=O) groups excluding carboxylic acids is 1. The number of rotatable bonds is 5. The van der Waals surface area contributed by atoms with E-state index in [2.05, 4.69) is 25.3 Å². The zero-order valence-electron chi connectivity index (χ0n) is 13.8. The summed E-state index contributed by atoms with van der Waals surface area (Å²) in [6, 6.07) is 2.05. The largest absolute Gasteiger partial charge is 0.477 e. The molecule has 3 N–H and O–H groups in total. The highest BCUT2D eigenvalue weighted by Gasteiger charge is 2.25. The van der Waals surface area contributed by atoms with Crippen LogP contribution < -0.4 is 5.32 Å². The molecular weight excluding hydrogens is 310 g/mol. The number of hydrogen-bond acceptors (Lipinski definition) is 5. The van der Waals surface area contributed by atoms with Gasteiger partial charge in [-0.3, -0.25) is 19.7 Å². The Kier molecular flexibility index (Phi) is 5.47. The predicted octanol–water partition coefficient (Wildman–Crippen LogP) is 0.997. The molecule has 0 radical (unpaired) electrons. The van der Waals surface area contributed by atoms with Crippen molar-refractivity contribution in [3.63, 3.8) is 0 Å². The molecule has 132 valence electrons. The van der Waals surface area contributed by atoms with Crippen molar-refractivity contribution in [1.29, 1.82) is 0 Å². The van der Waals surface area contributed by atoms with Crippen molar-refractivity contribution in [2.75, 3.05) is 38.0 Å². The summed E-state index contributed by atoms with van der Waals surface area (Å²) in [6.07, 6.45) is 6.68. The lowest BCUT2D eigenvalue weighted by atomic mass is 9.94. The van der Waals surface area contributed by atoms with Crippen LogP contribution in [0.4, 0.5) is 5.82 Å². The van der Waals surface area contributed by atoms with Crippen molar-refractivity contribution >= 4 is 17.7 Å². The molecule has 2 fully saturated rings. The van der Waals surface area contributed by atoms with E-state index in [-0.39, 0.29) is 17.4 Å². The van der Waals surface area contributed by atoms with E-state index in [9.17, 15) is 9.59 Å². The third kappa shape index (κ3) is 4.33. The molecule has 1 saturated heterocycles. The van der Waals surface area contributed by atoms with Crippen LogP contribution in [0.5, 0.6) is 0 Å². The monoisotopic (exact) mass is 335 g/mol. The highest BCUT2D eigenvalue weighted by Crippen LogP contribution is 2.23. The van der Waals surface area contributed by atoms with E-state index in [1.165, 1.54) is 38.2 Å². The SMILES string of the molecule is O=C(CN1CCN(C2CCCCC2)CC1)Nc1cc(C(=O)O)[nH]n1. The van der Waals surface area contributed by atoms with Crippen LogP contribution in [0, 0.1) is 0 Å². The Morgan fingerprint density at radius 2 is 1.92 bits per heavy atom. The second-order valence-corrected chi connectivity index (χ2v) is 6.62. The van der Waals surface area contributed by atoms with Gasteiger partial charge >= 0.3 is 5.97 Å². The van der Waals surface area contributed by atoms with Gasteiger partial charge in [0.2, 0.25) is 5.91 Å². The second kappa shape index (κ2) is 7.76. The van der Waals surface area contributed by atoms with Crippen molar-refractivity contribution in [1.82, 2.24) is 20.0 Å². The van der Waals surface area contributed by atoms with Gasteiger partial charge in [-0.2, -0.15) is 5.10 Å². The van der Waals surface area contributed by atoms with E-state index in [0.717, 1.165) is 32.2 Å². The molecule has 2 aliphatic rings. The van der Waals surface area contributed by atoms with Crippen molar-refractivity contribution in [2.24, 2.45) is 0 Å². The third-order valence-electron chi connectivity index (χ3n) is 4.94. The van der Waals surface area contributed by atoms with Gasteiger partial charge in [0, 0.05) is 38.3 Å². The van der Waals surface area contributed by atoms with Crippen LogP contribution in [0.15, 0.2) is 6.07 Å². The molecule has 0 atom stereocenters. The first-order valence-electron chi connectivity index (χ1n) is 8.67. The zero-order valence-corrected chi connectivity index (χ0v) is 13.8. The van der Waals surface area contributed by atoms with Crippen LogP contribution in [0.3, 0.4) is 0 Å². The molecular formula is C16H25N5O3. The number of anilines is 1. The molecule has 24 heavy (non-hydrogen) atoms. The maximum Gasteiger partial charge on any atom is 0.353 e. The smallest absolute Gasteiger partial charge is 0.353 e. The van der Waals surface area contributed by atoms with Gasteiger partial charge in [0.05, 0.1) is 6.54 Å². The van der Waals surface area contributed by atoms with Gasteiger partial charge in [0.15, 0.2) is 5.82 Å². The summed E-state index contributed by atoms with van der Waals surface area (Å²) < 4.78 is 0. The minimum absolute atomic E-state index is 0.0357. The summed E-state index contributed by atoms with van der Waals surface area (Å²) in [5, 5.41) is 17.6. The molecule has 0 spiro atoms. The number of carbonyl (C=O) groups is 2. The van der Waals surface area contributed by atoms with Crippen LogP contribution >= 0.6 is 0 Å². The second-order valence-electron chi connectivity index (χ2n) is 6.62. The quantitative estimate of drug-likeness (QED) is 0.742. The number of carboxylic acids is 1. The van der Waals surface area contributed by atoms with Gasteiger partial charge in [-0.25, -0.2) is 4.79 Å². The number of piperazine rings is 1. The first-order valence-corrected chi connectivity index (χ1v) is 8.67. The number of aromatic amines is 1. The van der Waals surface area contributed by atoms with E-state index in [0.29, 0.717) is 6.54 Å². The highest BCUT2D eigenvalue weighted by molar-refractivity contribution is 5.93. The summed E-state index contributed by atoms with van der Waals surface area (Å²) >= 11 is 0. The fraction of sp³-hybridized carbons (Fsp3) is 0.688. The van der Waals surface area contributed by atoms with Crippen LogP contribution in [-0.4, -0.2) is 75.7 Å². The number of H-pyrrole nitrogens is 1. The average Bonchev–Trinajstić information content (AvgIpc) is 3.05. The van der Waals surface area contributed by atoms with Crippen LogP contribution in [-0.2, 0) is 4.79 Å². The number of nitrogens with zero attached hydrogens (tertiary/aromatic N) is 3. The number of nitrogens with one attached hydrogen (secondary N) is 2. The standard InChI is InChI=1S/C16H25N5O3/c22-15(17-14-10-13(16(23)24)18-19-14)11-20-6-8-21(9-7-20)12-4-2-1-3-5-12/h10,12H,1-9,11H2,(H,23,24)(H2,17,18,19,22). The zero-order chi connectivity index (χ0) is 16.9. The fourth-order valence-corrected chi connectivity index (χ4v) is 3.61. The summed E-state index contributed by atoms with van der Waals surface area (Å²) in [4.78, 5) is 27.6. The first kappa shape index (κ1) is 16.9. The highest BCUT2D eigenvalue weighted by atomic mass is 16.4. The molecule has 8 nitrogen and oxygen atoms in total. The Bertz CT molecular complexity index is 574. The first-order chi connectivity index (χ1) is 11.6. The van der Waals surface area contributed by atoms with Crippen molar-refractivity contribution in [3.05, 3.63) is 11.8 Å². The minimum Gasteiger partial charge on any atom is -0.477 e. The molecule has 1 amide bonds. The lowest BCUT2D eigenvalue weighted by Gasteiger charge is -2.40. The average molecular weight is 335 g/mol.